The van der Waals surface area contributed by atoms with Gasteiger partial charge in [-0.05, 0) is 40.0 Å². The van der Waals surface area contributed by atoms with E-state index < -0.39 is 6.17 Å². The molecule has 0 saturated carbocycles. The van der Waals surface area contributed by atoms with Crippen molar-refractivity contribution >= 4 is 21.8 Å². The Balaban J connectivity index is 2.00. The van der Waals surface area contributed by atoms with Crippen LogP contribution < -0.4 is 0 Å². The number of nitrogens with zero attached hydrogens (tertiary/aromatic N) is 1. The fourth-order valence-corrected chi connectivity index (χ4v) is 2.31. The summed E-state index contributed by atoms with van der Waals surface area (Å²) in [5, 5.41) is 0. The van der Waals surface area contributed by atoms with Gasteiger partial charge >= 0.3 is 0 Å². The van der Waals surface area contributed by atoms with Crippen molar-refractivity contribution in [3.8, 4) is 0 Å². The van der Waals surface area contributed by atoms with E-state index in [1.807, 2.05) is 0 Å². The quantitative estimate of drug-likeness (QED) is 0.822. The second-order valence-corrected chi connectivity index (χ2v) is 5.01. The van der Waals surface area contributed by atoms with Crippen molar-refractivity contribution < 1.29 is 13.6 Å². The van der Waals surface area contributed by atoms with Crippen LogP contribution in [0.15, 0.2) is 22.7 Å². The van der Waals surface area contributed by atoms with Gasteiger partial charge in [-0.1, -0.05) is 6.07 Å². The van der Waals surface area contributed by atoms with Gasteiger partial charge in [0.1, 0.15) is 12.0 Å². The van der Waals surface area contributed by atoms with Crippen LogP contribution in [0, 0.1) is 5.82 Å². The van der Waals surface area contributed by atoms with Crippen molar-refractivity contribution in [2.75, 3.05) is 13.1 Å². The van der Waals surface area contributed by atoms with Crippen molar-refractivity contribution in [2.24, 2.45) is 0 Å². The number of amides is 1. The first-order chi connectivity index (χ1) is 8.06. The molecule has 0 aromatic heterocycles. The Morgan fingerprint density at radius 1 is 1.53 bits per heavy atom. The van der Waals surface area contributed by atoms with Gasteiger partial charge in [0.05, 0.1) is 17.4 Å². The van der Waals surface area contributed by atoms with Crippen LogP contribution in [0.4, 0.5) is 8.78 Å². The summed E-state index contributed by atoms with van der Waals surface area (Å²) in [6.07, 6.45) is -0.302. The zero-order valence-electron chi connectivity index (χ0n) is 9.13. The van der Waals surface area contributed by atoms with Crippen molar-refractivity contribution in [1.29, 1.82) is 0 Å². The molecule has 0 radical (unpaired) electrons. The Morgan fingerprint density at radius 3 is 2.88 bits per heavy atom. The summed E-state index contributed by atoms with van der Waals surface area (Å²) in [7, 11) is 0. The number of benzene rings is 1. The van der Waals surface area contributed by atoms with Crippen LogP contribution in [0.2, 0.25) is 0 Å². The fraction of sp³-hybridized carbons (Fsp3) is 0.417. The molecule has 2 nitrogen and oxygen atoms in total. The lowest BCUT2D eigenvalue weighted by atomic mass is 10.1. The minimum atomic E-state index is -0.904. The zero-order chi connectivity index (χ0) is 12.4. The lowest BCUT2D eigenvalue weighted by Crippen LogP contribution is -2.30. The molecule has 0 N–H and O–H groups in total. The molecule has 1 aromatic carbocycles. The van der Waals surface area contributed by atoms with E-state index in [9.17, 15) is 13.6 Å². The van der Waals surface area contributed by atoms with Gasteiger partial charge in [-0.15, -0.1) is 0 Å². The molecule has 1 heterocycles. The molecule has 1 fully saturated rings. The van der Waals surface area contributed by atoms with E-state index in [0.29, 0.717) is 17.4 Å². The Kier molecular flexibility index (Phi) is 3.76. The van der Waals surface area contributed by atoms with Crippen LogP contribution in [-0.2, 0) is 11.2 Å². The normalized spacial score (nSPS) is 19.7. The summed E-state index contributed by atoms with van der Waals surface area (Å²) in [5.41, 5.74) is 0.727. The van der Waals surface area contributed by atoms with Crippen LogP contribution in [0.5, 0.6) is 0 Å². The molecule has 1 aliphatic rings. The predicted octanol–water partition coefficient (Wildman–Crippen LogP) is 2.70. The van der Waals surface area contributed by atoms with E-state index in [4.69, 9.17) is 0 Å². The van der Waals surface area contributed by atoms with Gasteiger partial charge in [0.25, 0.3) is 0 Å². The summed E-state index contributed by atoms with van der Waals surface area (Å²) in [6.45, 7) is 0.656. The fourth-order valence-electron chi connectivity index (χ4n) is 1.88. The van der Waals surface area contributed by atoms with E-state index in [1.54, 1.807) is 12.1 Å². The molecule has 0 unspecified atom stereocenters. The maximum atomic E-state index is 13.0. The van der Waals surface area contributed by atoms with E-state index in [2.05, 4.69) is 15.9 Å². The van der Waals surface area contributed by atoms with E-state index >= 15 is 0 Å². The van der Waals surface area contributed by atoms with Crippen LogP contribution in [0.3, 0.4) is 0 Å². The third kappa shape index (κ3) is 3.03. The average molecular weight is 304 g/mol. The smallest absolute Gasteiger partial charge is 0.227 e. The third-order valence-electron chi connectivity index (χ3n) is 2.82. The SMILES string of the molecule is O=C(Cc1ccc(F)c(Br)c1)N1CC[C@@H](F)C1. The monoisotopic (exact) mass is 303 g/mol. The number of alkyl halides is 1. The summed E-state index contributed by atoms with van der Waals surface area (Å²) in [6, 6.07) is 4.46. The Bertz CT molecular complexity index is 439. The summed E-state index contributed by atoms with van der Waals surface area (Å²) in [4.78, 5) is 13.3. The summed E-state index contributed by atoms with van der Waals surface area (Å²) >= 11 is 3.07. The van der Waals surface area contributed by atoms with Gasteiger partial charge in [0, 0.05) is 6.54 Å². The van der Waals surface area contributed by atoms with Crippen molar-refractivity contribution in [2.45, 2.75) is 19.0 Å². The molecule has 92 valence electrons. The minimum Gasteiger partial charge on any atom is -0.339 e. The van der Waals surface area contributed by atoms with Gasteiger partial charge in [0.15, 0.2) is 0 Å². The number of likely N-dealkylation sites (tertiary alicyclic amines) is 1. The van der Waals surface area contributed by atoms with Crippen LogP contribution in [0.25, 0.3) is 0 Å². The molecule has 17 heavy (non-hydrogen) atoms. The summed E-state index contributed by atoms with van der Waals surface area (Å²) in [5.74, 6) is -0.463. The second-order valence-electron chi connectivity index (χ2n) is 4.15. The van der Waals surface area contributed by atoms with Gasteiger partial charge in [-0.3, -0.25) is 4.79 Å². The molecular weight excluding hydrogens is 292 g/mol. The van der Waals surface area contributed by atoms with Crippen LogP contribution in [0.1, 0.15) is 12.0 Å². The molecule has 0 bridgehead atoms. The molecule has 1 atom stereocenters. The highest BCUT2D eigenvalue weighted by molar-refractivity contribution is 9.10. The molecule has 0 spiro atoms. The van der Waals surface area contributed by atoms with Gasteiger partial charge < -0.3 is 4.90 Å². The van der Waals surface area contributed by atoms with Gasteiger partial charge in [0.2, 0.25) is 5.91 Å². The number of rotatable bonds is 2. The van der Waals surface area contributed by atoms with E-state index in [1.165, 1.54) is 11.0 Å². The zero-order valence-corrected chi connectivity index (χ0v) is 10.7. The van der Waals surface area contributed by atoms with Crippen molar-refractivity contribution in [3.63, 3.8) is 0 Å². The topological polar surface area (TPSA) is 20.3 Å². The lowest BCUT2D eigenvalue weighted by molar-refractivity contribution is -0.129. The summed E-state index contributed by atoms with van der Waals surface area (Å²) < 4.78 is 26.3. The standard InChI is InChI=1S/C12H12BrF2NO/c13-10-5-8(1-2-11(10)15)6-12(17)16-4-3-9(14)7-16/h1-2,5,9H,3-4,6-7H2/t9-/m1/s1. The number of carbonyl (C=O) groups excluding carboxylic acids is 1. The first-order valence-corrected chi connectivity index (χ1v) is 6.21. The minimum absolute atomic E-state index is 0.108. The van der Waals surface area contributed by atoms with Crippen molar-refractivity contribution in [3.05, 3.63) is 34.1 Å². The highest BCUT2D eigenvalue weighted by atomic mass is 79.9. The molecular formula is C12H12BrF2NO. The molecule has 1 aliphatic heterocycles. The van der Waals surface area contributed by atoms with Gasteiger partial charge in [-0.25, -0.2) is 8.78 Å². The molecule has 1 aromatic rings. The largest absolute Gasteiger partial charge is 0.339 e. The maximum absolute atomic E-state index is 13.0. The Labute approximate surface area is 107 Å². The Hall–Kier alpha value is -0.970. The first kappa shape index (κ1) is 12.5. The molecule has 2 rings (SSSR count). The highest BCUT2D eigenvalue weighted by Gasteiger charge is 2.25. The first-order valence-electron chi connectivity index (χ1n) is 5.42. The molecule has 0 aliphatic carbocycles. The highest BCUT2D eigenvalue weighted by Crippen LogP contribution is 2.19. The number of carbonyl (C=O) groups is 1. The number of hydrogen-bond donors (Lipinski definition) is 0. The van der Waals surface area contributed by atoms with Crippen LogP contribution >= 0.6 is 15.9 Å². The molecule has 1 amide bonds. The number of halogens is 3. The molecule has 5 heteroatoms. The van der Waals surface area contributed by atoms with E-state index in [-0.39, 0.29) is 24.7 Å². The molecule has 1 saturated heterocycles. The van der Waals surface area contributed by atoms with E-state index in [0.717, 1.165) is 5.56 Å². The van der Waals surface area contributed by atoms with Gasteiger partial charge in [-0.2, -0.15) is 0 Å². The predicted molar refractivity (Wildman–Crippen MR) is 63.9 cm³/mol. The van der Waals surface area contributed by atoms with Crippen LogP contribution in [-0.4, -0.2) is 30.1 Å². The Morgan fingerprint density at radius 2 is 2.29 bits per heavy atom. The lowest BCUT2D eigenvalue weighted by Gasteiger charge is -2.15. The number of hydrogen-bond acceptors (Lipinski definition) is 1. The average Bonchev–Trinajstić information content (AvgIpc) is 2.70. The second kappa shape index (κ2) is 5.12. The third-order valence-corrected chi connectivity index (χ3v) is 3.43. The maximum Gasteiger partial charge on any atom is 0.227 e. The van der Waals surface area contributed by atoms with Crippen molar-refractivity contribution in [1.82, 2.24) is 4.90 Å².